The number of para-hydroxylation sites is 1. The monoisotopic (exact) mass is 379 g/mol. The van der Waals surface area contributed by atoms with Crippen molar-refractivity contribution in [3.05, 3.63) is 113 Å². The molecule has 0 spiro atoms. The second-order valence-corrected chi connectivity index (χ2v) is 7.51. The fourth-order valence-electron chi connectivity index (χ4n) is 3.68. The number of benzene rings is 3. The van der Waals surface area contributed by atoms with Gasteiger partial charge in [0.25, 0.3) is 5.56 Å². The maximum atomic E-state index is 13.5. The van der Waals surface area contributed by atoms with Crippen molar-refractivity contribution in [2.75, 3.05) is 0 Å². The van der Waals surface area contributed by atoms with Gasteiger partial charge in [-0.3, -0.25) is 9.36 Å². The molecule has 2 nitrogen and oxygen atoms in total. The molecule has 0 unspecified atom stereocenters. The summed E-state index contributed by atoms with van der Waals surface area (Å²) in [5, 5.41) is 2.76. The molecule has 0 saturated heterocycles. The van der Waals surface area contributed by atoms with Crippen molar-refractivity contribution in [2.45, 2.75) is 0 Å². The maximum absolute atomic E-state index is 13.5. The zero-order valence-electron chi connectivity index (χ0n) is 15.1. The minimum absolute atomic E-state index is 0.0148. The summed E-state index contributed by atoms with van der Waals surface area (Å²) in [6, 6.07) is 32.3. The highest BCUT2D eigenvalue weighted by molar-refractivity contribution is 7.17. The zero-order chi connectivity index (χ0) is 18.9. The van der Waals surface area contributed by atoms with E-state index in [-0.39, 0.29) is 5.56 Å². The Morgan fingerprint density at radius 2 is 1.21 bits per heavy atom. The molecule has 0 saturated carbocycles. The average molecular weight is 379 g/mol. The van der Waals surface area contributed by atoms with E-state index in [1.165, 1.54) is 0 Å². The predicted octanol–water partition coefficient (Wildman–Crippen LogP) is 6.39. The molecule has 0 aliphatic heterocycles. The number of thiophene rings is 1. The lowest BCUT2D eigenvalue weighted by Gasteiger charge is -2.19. The molecule has 28 heavy (non-hydrogen) atoms. The van der Waals surface area contributed by atoms with Gasteiger partial charge in [0, 0.05) is 16.0 Å². The van der Waals surface area contributed by atoms with Crippen LogP contribution in [-0.4, -0.2) is 4.57 Å². The smallest absolute Gasteiger partial charge is 0.264 e. The van der Waals surface area contributed by atoms with Crippen LogP contribution in [0.15, 0.2) is 107 Å². The third-order valence-electron chi connectivity index (χ3n) is 4.91. The highest BCUT2D eigenvalue weighted by Crippen LogP contribution is 2.39. The van der Waals surface area contributed by atoms with Crippen LogP contribution in [0.5, 0.6) is 0 Å². The summed E-state index contributed by atoms with van der Waals surface area (Å²) in [7, 11) is 0. The first-order valence-corrected chi connectivity index (χ1v) is 10.0. The molecule has 2 aromatic heterocycles. The second-order valence-electron chi connectivity index (χ2n) is 6.60. The molecule has 5 aromatic rings. The van der Waals surface area contributed by atoms with Gasteiger partial charge in [-0.25, -0.2) is 0 Å². The van der Waals surface area contributed by atoms with E-state index in [0.717, 1.165) is 38.2 Å². The number of aromatic nitrogens is 1. The number of nitrogens with zero attached hydrogens (tertiary/aromatic N) is 1. The summed E-state index contributed by atoms with van der Waals surface area (Å²) >= 11 is 1.62. The number of fused-ring (bicyclic) bond motifs is 1. The van der Waals surface area contributed by atoms with Crippen LogP contribution in [0.3, 0.4) is 0 Å². The van der Waals surface area contributed by atoms with E-state index < -0.39 is 0 Å². The van der Waals surface area contributed by atoms with Gasteiger partial charge in [0.05, 0.1) is 11.1 Å². The third kappa shape index (κ3) is 2.68. The molecule has 0 atom stereocenters. The molecule has 134 valence electrons. The first-order chi connectivity index (χ1) is 13.8. The third-order valence-corrected chi connectivity index (χ3v) is 5.84. The highest BCUT2D eigenvalue weighted by atomic mass is 32.1. The summed E-state index contributed by atoms with van der Waals surface area (Å²) in [4.78, 5) is 13.5. The van der Waals surface area contributed by atoms with E-state index in [2.05, 4.69) is 24.3 Å². The van der Waals surface area contributed by atoms with Gasteiger partial charge in [-0.15, -0.1) is 11.3 Å². The van der Waals surface area contributed by atoms with Crippen molar-refractivity contribution in [1.82, 2.24) is 4.57 Å². The van der Waals surface area contributed by atoms with Crippen LogP contribution in [0.25, 0.3) is 38.2 Å². The molecule has 0 fully saturated rings. The largest absolute Gasteiger partial charge is 0.276 e. The quantitative estimate of drug-likeness (QED) is 0.356. The molecule has 0 aliphatic carbocycles. The Hall–Kier alpha value is -3.43. The van der Waals surface area contributed by atoms with Gasteiger partial charge in [-0.1, -0.05) is 78.9 Å². The van der Waals surface area contributed by atoms with Crippen LogP contribution in [0, 0.1) is 0 Å². The fourth-order valence-corrected chi connectivity index (χ4v) is 4.63. The fraction of sp³-hybridized carbons (Fsp3) is 0. The van der Waals surface area contributed by atoms with E-state index >= 15 is 0 Å². The molecule has 0 N–H and O–H groups in total. The lowest BCUT2D eigenvalue weighted by molar-refractivity contribution is 1.02. The van der Waals surface area contributed by atoms with Crippen molar-refractivity contribution in [3.63, 3.8) is 0 Å². The van der Waals surface area contributed by atoms with E-state index in [1.807, 2.05) is 82.7 Å². The lowest BCUT2D eigenvalue weighted by atomic mass is 9.97. The summed E-state index contributed by atoms with van der Waals surface area (Å²) in [5.74, 6) is 0. The SMILES string of the molecule is O=c1c2ccsc2c(-c2ccccc2)c(-c2ccccc2)n1-c1ccccc1. The molecule has 3 heteroatoms. The van der Waals surface area contributed by atoms with Crippen molar-refractivity contribution in [2.24, 2.45) is 0 Å². The van der Waals surface area contributed by atoms with Gasteiger partial charge >= 0.3 is 0 Å². The molecule has 0 amide bonds. The Morgan fingerprint density at radius 3 is 1.86 bits per heavy atom. The second kappa shape index (κ2) is 6.95. The van der Waals surface area contributed by atoms with E-state index in [9.17, 15) is 4.79 Å². The Bertz CT molecular complexity index is 1300. The average Bonchev–Trinajstić information content (AvgIpc) is 3.25. The molecule has 2 heterocycles. The molecular formula is C25H17NOS. The van der Waals surface area contributed by atoms with Crippen molar-refractivity contribution < 1.29 is 0 Å². The van der Waals surface area contributed by atoms with Crippen molar-refractivity contribution >= 4 is 21.4 Å². The van der Waals surface area contributed by atoms with Crippen LogP contribution in [-0.2, 0) is 0 Å². The first-order valence-electron chi connectivity index (χ1n) is 9.17. The van der Waals surface area contributed by atoms with Crippen LogP contribution in [0.4, 0.5) is 0 Å². The number of hydrogen-bond acceptors (Lipinski definition) is 2. The summed E-state index contributed by atoms with van der Waals surface area (Å²) in [6.45, 7) is 0. The Labute approximate surface area is 167 Å². The van der Waals surface area contributed by atoms with Crippen molar-refractivity contribution in [3.8, 4) is 28.1 Å². The van der Waals surface area contributed by atoms with Crippen LogP contribution in [0.2, 0.25) is 0 Å². The topological polar surface area (TPSA) is 22.0 Å². The minimum atomic E-state index is 0.0148. The molecule has 0 bridgehead atoms. The Kier molecular flexibility index (Phi) is 4.15. The van der Waals surface area contributed by atoms with E-state index in [1.54, 1.807) is 11.3 Å². The van der Waals surface area contributed by atoms with Gasteiger partial charge < -0.3 is 0 Å². The lowest BCUT2D eigenvalue weighted by Crippen LogP contribution is -2.21. The number of pyridine rings is 1. The van der Waals surface area contributed by atoms with Crippen LogP contribution >= 0.6 is 11.3 Å². The van der Waals surface area contributed by atoms with E-state index in [4.69, 9.17) is 0 Å². The number of rotatable bonds is 3. The van der Waals surface area contributed by atoms with E-state index in [0.29, 0.717) is 0 Å². The molecule has 0 aliphatic rings. The molecule has 3 aromatic carbocycles. The molecular weight excluding hydrogens is 362 g/mol. The van der Waals surface area contributed by atoms with Gasteiger partial charge in [0.15, 0.2) is 0 Å². The summed E-state index contributed by atoms with van der Waals surface area (Å²) in [6.07, 6.45) is 0. The standard InChI is InChI=1S/C25H17NOS/c27-25-21-16-17-28-24(21)22(18-10-4-1-5-11-18)23(19-12-6-2-7-13-19)26(25)20-14-8-3-9-15-20/h1-17H. The predicted molar refractivity (Wildman–Crippen MR) is 118 cm³/mol. The Morgan fingerprint density at radius 1 is 0.643 bits per heavy atom. The zero-order valence-corrected chi connectivity index (χ0v) is 15.9. The summed E-state index contributed by atoms with van der Waals surface area (Å²) < 4.78 is 2.88. The first kappa shape index (κ1) is 16.7. The van der Waals surface area contributed by atoms with Crippen LogP contribution in [0.1, 0.15) is 0 Å². The van der Waals surface area contributed by atoms with Gasteiger partial charge in [-0.2, -0.15) is 0 Å². The van der Waals surface area contributed by atoms with Crippen molar-refractivity contribution in [1.29, 1.82) is 0 Å². The highest BCUT2D eigenvalue weighted by Gasteiger charge is 2.21. The Balaban J connectivity index is 2.02. The van der Waals surface area contributed by atoms with Gasteiger partial charge in [-0.05, 0) is 34.7 Å². The molecule has 0 radical (unpaired) electrons. The van der Waals surface area contributed by atoms with Gasteiger partial charge in [0.2, 0.25) is 0 Å². The summed E-state index contributed by atoms with van der Waals surface area (Å²) in [5.41, 5.74) is 5.05. The number of hydrogen-bond donors (Lipinski definition) is 0. The normalized spacial score (nSPS) is 11.0. The van der Waals surface area contributed by atoms with Gasteiger partial charge in [0.1, 0.15) is 0 Å². The minimum Gasteiger partial charge on any atom is -0.276 e. The van der Waals surface area contributed by atoms with Crippen LogP contribution < -0.4 is 5.56 Å². The maximum Gasteiger partial charge on any atom is 0.264 e. The molecule has 5 rings (SSSR count).